The molecule has 2 N–H and O–H groups in total. The van der Waals surface area contributed by atoms with Crippen molar-refractivity contribution in [2.24, 2.45) is 5.73 Å². The van der Waals surface area contributed by atoms with E-state index < -0.39 is 29.2 Å². The number of nitrogens with two attached hydrogens (primary N) is 1. The first-order valence-corrected chi connectivity index (χ1v) is 17.1. The maximum Gasteiger partial charge on any atom is 0.163 e. The molecule has 282 valence electrons. The van der Waals surface area contributed by atoms with Crippen LogP contribution in [0.2, 0.25) is 0 Å². The Morgan fingerprint density at radius 2 is 0.708 bits per heavy atom. The summed E-state index contributed by atoms with van der Waals surface area (Å²) in [6.45, 7) is 20.1. The highest BCUT2D eigenvalue weighted by Gasteiger charge is 2.36. The van der Waals surface area contributed by atoms with Crippen LogP contribution < -0.4 is 5.73 Å². The fourth-order valence-corrected chi connectivity index (χ4v) is 5.56. The van der Waals surface area contributed by atoms with Gasteiger partial charge in [0.1, 0.15) is 36.6 Å². The maximum absolute atomic E-state index is 6.44. The van der Waals surface area contributed by atoms with Gasteiger partial charge in [0.2, 0.25) is 0 Å². The lowest BCUT2D eigenvalue weighted by Crippen LogP contribution is -2.39. The minimum absolute atomic E-state index is 0.150. The molecule has 48 heavy (non-hydrogen) atoms. The van der Waals surface area contributed by atoms with Crippen LogP contribution in [0.1, 0.15) is 55.4 Å². The zero-order chi connectivity index (χ0) is 34.8. The third kappa shape index (κ3) is 14.9. The van der Waals surface area contributed by atoms with Crippen molar-refractivity contribution < 1.29 is 66.3 Å². The van der Waals surface area contributed by atoms with E-state index in [9.17, 15) is 0 Å². The van der Waals surface area contributed by atoms with E-state index in [2.05, 4.69) is 0 Å². The zero-order valence-electron chi connectivity index (χ0n) is 30.2. The Morgan fingerprint density at radius 3 is 0.917 bits per heavy atom. The summed E-state index contributed by atoms with van der Waals surface area (Å²) in [6, 6.07) is -0.422. The molecule has 0 aromatic carbocycles. The minimum Gasteiger partial charge on any atom is -0.376 e. The molecule has 4 rings (SSSR count). The molecule has 4 fully saturated rings. The molecule has 15 nitrogen and oxygen atoms in total. The SMILES string of the molecule is CC1(C)OCC(COCC(COCC2COC(C)(C)O2)OCC(N)COC(COCC2COC(C)(C)O2)COCC2COC(C)(C)O2)O1. The fourth-order valence-electron chi connectivity index (χ4n) is 5.56. The molecule has 4 saturated heterocycles. The second-order valence-electron chi connectivity index (χ2n) is 14.6. The summed E-state index contributed by atoms with van der Waals surface area (Å²) in [7, 11) is 0. The summed E-state index contributed by atoms with van der Waals surface area (Å²) >= 11 is 0. The topological polar surface area (TPSA) is 155 Å². The predicted molar refractivity (Wildman–Crippen MR) is 170 cm³/mol. The van der Waals surface area contributed by atoms with Gasteiger partial charge in [0.25, 0.3) is 0 Å². The fraction of sp³-hybridized carbons (Fsp3) is 1.00. The van der Waals surface area contributed by atoms with E-state index in [1.54, 1.807) is 0 Å². The van der Waals surface area contributed by atoms with Crippen molar-refractivity contribution in [3.63, 3.8) is 0 Å². The van der Waals surface area contributed by atoms with Crippen molar-refractivity contribution in [2.75, 3.05) is 92.5 Å². The normalized spacial score (nSPS) is 30.9. The third-order valence-electron chi connectivity index (χ3n) is 7.79. The summed E-state index contributed by atoms with van der Waals surface area (Å²) in [4.78, 5) is 0. The van der Waals surface area contributed by atoms with Gasteiger partial charge in [-0.3, -0.25) is 0 Å². The molecule has 4 aliphatic rings. The first kappa shape index (κ1) is 40.2. The monoisotopic (exact) mass is 695 g/mol. The molecular weight excluding hydrogens is 634 g/mol. The lowest BCUT2D eigenvalue weighted by molar-refractivity contribution is -0.153. The summed E-state index contributed by atoms with van der Waals surface area (Å²) < 4.78 is 82.1. The molecular formula is C33H61NO14. The summed E-state index contributed by atoms with van der Waals surface area (Å²) in [5, 5.41) is 0. The third-order valence-corrected chi connectivity index (χ3v) is 7.79. The van der Waals surface area contributed by atoms with E-state index in [1.807, 2.05) is 55.4 Å². The van der Waals surface area contributed by atoms with Crippen LogP contribution >= 0.6 is 0 Å². The minimum atomic E-state index is -0.615. The Bertz CT molecular complexity index is 800. The van der Waals surface area contributed by atoms with Crippen molar-refractivity contribution in [3.8, 4) is 0 Å². The Kier molecular flexibility index (Phi) is 15.3. The molecule has 4 atom stereocenters. The van der Waals surface area contributed by atoms with Gasteiger partial charge in [0, 0.05) is 0 Å². The Morgan fingerprint density at radius 1 is 0.458 bits per heavy atom. The van der Waals surface area contributed by atoms with E-state index in [0.717, 1.165) is 0 Å². The van der Waals surface area contributed by atoms with Gasteiger partial charge in [-0.2, -0.15) is 0 Å². The van der Waals surface area contributed by atoms with Gasteiger partial charge in [-0.25, -0.2) is 0 Å². The van der Waals surface area contributed by atoms with Crippen LogP contribution in [0.4, 0.5) is 0 Å². The molecule has 0 amide bonds. The van der Waals surface area contributed by atoms with Crippen LogP contribution in [0.15, 0.2) is 0 Å². The molecule has 0 aromatic rings. The molecule has 4 aliphatic heterocycles. The Hall–Kier alpha value is -0.600. The number of hydrogen-bond donors (Lipinski definition) is 1. The van der Waals surface area contributed by atoms with Crippen LogP contribution in [-0.2, 0) is 66.3 Å². The van der Waals surface area contributed by atoms with Gasteiger partial charge in [0.15, 0.2) is 23.1 Å². The van der Waals surface area contributed by atoms with Gasteiger partial charge in [-0.05, 0) is 55.4 Å². The molecule has 4 unspecified atom stereocenters. The second-order valence-corrected chi connectivity index (χ2v) is 14.6. The van der Waals surface area contributed by atoms with E-state index in [4.69, 9.17) is 72.0 Å². The quantitative estimate of drug-likeness (QED) is 0.175. The van der Waals surface area contributed by atoms with Crippen molar-refractivity contribution in [2.45, 2.75) is 121 Å². The molecule has 0 spiro atoms. The van der Waals surface area contributed by atoms with Crippen molar-refractivity contribution in [1.82, 2.24) is 0 Å². The molecule has 15 heteroatoms. The summed E-state index contributed by atoms with van der Waals surface area (Å²) in [5.74, 6) is -2.46. The van der Waals surface area contributed by atoms with Gasteiger partial charge in [-0.15, -0.1) is 0 Å². The van der Waals surface area contributed by atoms with E-state index in [1.165, 1.54) is 0 Å². The van der Waals surface area contributed by atoms with Crippen molar-refractivity contribution in [3.05, 3.63) is 0 Å². The average molecular weight is 696 g/mol. The summed E-state index contributed by atoms with van der Waals surface area (Å²) in [6.07, 6.45) is -1.35. The van der Waals surface area contributed by atoms with E-state index >= 15 is 0 Å². The molecule has 0 bridgehead atoms. The Balaban J connectivity index is 1.20. The first-order chi connectivity index (χ1) is 22.6. The lowest BCUT2D eigenvalue weighted by Gasteiger charge is -2.24. The maximum atomic E-state index is 6.44. The highest BCUT2D eigenvalue weighted by Crippen LogP contribution is 2.25. The van der Waals surface area contributed by atoms with Crippen LogP contribution in [-0.4, -0.2) is 158 Å². The number of hydrogen-bond acceptors (Lipinski definition) is 15. The van der Waals surface area contributed by atoms with E-state index in [0.29, 0.717) is 79.3 Å². The van der Waals surface area contributed by atoms with Crippen molar-refractivity contribution >= 4 is 0 Å². The van der Waals surface area contributed by atoms with Crippen LogP contribution in [0.25, 0.3) is 0 Å². The average Bonchev–Trinajstić information content (AvgIpc) is 3.74. The molecule has 0 aliphatic carbocycles. The molecule has 4 heterocycles. The molecule has 0 saturated carbocycles. The predicted octanol–water partition coefficient (Wildman–Crippen LogP) is 1.76. The summed E-state index contributed by atoms with van der Waals surface area (Å²) in [5.41, 5.74) is 6.44. The number of ether oxygens (including phenoxy) is 14. The van der Waals surface area contributed by atoms with Gasteiger partial charge in [-0.1, -0.05) is 0 Å². The van der Waals surface area contributed by atoms with Gasteiger partial charge in [0.05, 0.1) is 98.5 Å². The first-order valence-electron chi connectivity index (χ1n) is 17.1. The van der Waals surface area contributed by atoms with Crippen LogP contribution in [0.5, 0.6) is 0 Å². The highest BCUT2D eigenvalue weighted by atomic mass is 16.8. The molecule has 0 radical (unpaired) electrons. The zero-order valence-corrected chi connectivity index (χ0v) is 30.2. The van der Waals surface area contributed by atoms with E-state index in [-0.39, 0.29) is 49.8 Å². The van der Waals surface area contributed by atoms with Crippen molar-refractivity contribution in [1.29, 1.82) is 0 Å². The van der Waals surface area contributed by atoms with Crippen LogP contribution in [0.3, 0.4) is 0 Å². The second kappa shape index (κ2) is 18.2. The van der Waals surface area contributed by atoms with Gasteiger partial charge >= 0.3 is 0 Å². The van der Waals surface area contributed by atoms with Crippen LogP contribution in [0, 0.1) is 0 Å². The highest BCUT2D eigenvalue weighted by molar-refractivity contribution is 4.75. The number of rotatable bonds is 22. The standard InChI is InChI=1S/C33H61NO14/c1-30(2)41-19-26(45-30)15-35-11-24(12-36-16-27-20-42-31(3,4)46-27)39-9-23(34)10-40-25(13-37-17-28-21-43-32(5,6)47-28)14-38-18-29-22-44-33(7,8)48-29/h23-29H,9-22,34H2,1-8H3. The Labute approximate surface area is 285 Å². The molecule has 0 aromatic heterocycles. The van der Waals surface area contributed by atoms with Gasteiger partial charge < -0.3 is 72.0 Å². The largest absolute Gasteiger partial charge is 0.376 e. The lowest BCUT2D eigenvalue weighted by atomic mass is 10.3. The smallest absolute Gasteiger partial charge is 0.163 e.